The minimum atomic E-state index is -1.13. The molecule has 178 valence electrons. The molecule has 8 heteroatoms. The molecule has 2 aromatic carbocycles. The Labute approximate surface area is 197 Å². The van der Waals surface area contributed by atoms with Gasteiger partial charge in [0, 0.05) is 18.4 Å². The first-order valence-electron chi connectivity index (χ1n) is 11.6. The predicted molar refractivity (Wildman–Crippen MR) is 123 cm³/mol. The molecule has 1 saturated carbocycles. The molecule has 2 aliphatic carbocycles. The van der Waals surface area contributed by atoms with Crippen LogP contribution >= 0.6 is 0 Å². The van der Waals surface area contributed by atoms with Crippen LogP contribution in [0.15, 0.2) is 48.5 Å². The quantitative estimate of drug-likeness (QED) is 0.581. The number of carboxylic acids is 1. The first kappa shape index (κ1) is 22.4. The maximum absolute atomic E-state index is 12.6. The Balaban J connectivity index is 1.10. The zero-order valence-corrected chi connectivity index (χ0v) is 19.0. The van der Waals surface area contributed by atoms with Crippen molar-refractivity contribution < 1.29 is 29.0 Å². The Hall–Kier alpha value is -3.39. The third-order valence-corrected chi connectivity index (χ3v) is 7.37. The molecular weight excluding hydrogens is 436 g/mol. The van der Waals surface area contributed by atoms with Gasteiger partial charge in [0.1, 0.15) is 12.0 Å². The van der Waals surface area contributed by atoms with E-state index in [2.05, 4.69) is 34.9 Å². The molecule has 2 amide bonds. The van der Waals surface area contributed by atoms with Crippen LogP contribution in [0.25, 0.3) is 11.1 Å². The fraction of sp³-hybridized carbons (Fsp3) is 0.423. The summed E-state index contributed by atoms with van der Waals surface area (Å²) >= 11 is 0. The highest BCUT2D eigenvalue weighted by Crippen LogP contribution is 2.44. The van der Waals surface area contributed by atoms with Crippen LogP contribution in [0.5, 0.6) is 0 Å². The number of rotatable bonds is 7. The van der Waals surface area contributed by atoms with Crippen molar-refractivity contribution in [2.75, 3.05) is 26.4 Å². The summed E-state index contributed by atoms with van der Waals surface area (Å²) in [7, 11) is 0. The van der Waals surface area contributed by atoms with Gasteiger partial charge in [-0.2, -0.15) is 0 Å². The normalized spacial score (nSPS) is 26.9. The van der Waals surface area contributed by atoms with E-state index in [0.717, 1.165) is 11.1 Å². The summed E-state index contributed by atoms with van der Waals surface area (Å²) in [6.07, 6.45) is 0.142. The van der Waals surface area contributed by atoms with Crippen molar-refractivity contribution in [2.45, 2.75) is 25.3 Å². The monoisotopic (exact) mass is 464 g/mol. The molecule has 2 fully saturated rings. The van der Waals surface area contributed by atoms with Gasteiger partial charge in [0.15, 0.2) is 0 Å². The Kier molecular flexibility index (Phi) is 5.77. The fourth-order valence-electron chi connectivity index (χ4n) is 5.02. The lowest BCUT2D eigenvalue weighted by molar-refractivity contribution is -0.149. The highest BCUT2D eigenvalue weighted by molar-refractivity contribution is 5.84. The van der Waals surface area contributed by atoms with Crippen LogP contribution in [0.2, 0.25) is 0 Å². The molecule has 1 aliphatic heterocycles. The first-order chi connectivity index (χ1) is 16.4. The third kappa shape index (κ3) is 4.03. The lowest BCUT2D eigenvalue weighted by Gasteiger charge is -2.25. The molecular formula is C26H28N2O6. The molecule has 0 spiro atoms. The Morgan fingerprint density at radius 3 is 2.38 bits per heavy atom. The van der Waals surface area contributed by atoms with Crippen LogP contribution in [0.4, 0.5) is 4.79 Å². The van der Waals surface area contributed by atoms with E-state index in [1.807, 2.05) is 24.3 Å². The molecule has 34 heavy (non-hydrogen) atoms. The Bertz CT molecular complexity index is 1090. The van der Waals surface area contributed by atoms with Crippen LogP contribution in [0.1, 0.15) is 30.4 Å². The smallest absolute Gasteiger partial charge is 0.407 e. The number of hydrogen-bond donors (Lipinski definition) is 3. The standard InChI is InChI=1S/C26H28N2O6/c1-26(24(30)31)14-33-13-22(26)28-23(29)20-10-15(20)11-27-25(32)34-12-21-18-8-4-2-6-16(18)17-7-3-5-9-19(17)21/h2-9,15,20-22H,10-14H2,1H3,(H,27,32)(H,28,29)(H,30,31)/t15-,20-,22?,26?/m0/s1. The topological polar surface area (TPSA) is 114 Å². The molecule has 4 atom stereocenters. The van der Waals surface area contributed by atoms with Crippen molar-refractivity contribution in [2.24, 2.45) is 17.3 Å². The molecule has 5 rings (SSSR count). The van der Waals surface area contributed by atoms with Gasteiger partial charge in [-0.1, -0.05) is 48.5 Å². The van der Waals surface area contributed by atoms with Gasteiger partial charge in [-0.15, -0.1) is 0 Å². The SMILES string of the molecule is CC1(C(=O)O)COCC1NC(=O)[C@H]1C[C@H]1CNC(=O)OCC1c2ccccc2-c2ccccc21. The summed E-state index contributed by atoms with van der Waals surface area (Å²) < 4.78 is 10.8. The Morgan fingerprint density at radius 1 is 1.09 bits per heavy atom. The molecule has 0 radical (unpaired) electrons. The second-order valence-electron chi connectivity index (χ2n) is 9.61. The molecule has 1 heterocycles. The molecule has 2 aromatic rings. The van der Waals surface area contributed by atoms with Gasteiger partial charge in [-0.05, 0) is 41.5 Å². The molecule has 0 bridgehead atoms. The van der Waals surface area contributed by atoms with Crippen LogP contribution < -0.4 is 10.6 Å². The van der Waals surface area contributed by atoms with Crippen LogP contribution in [0.3, 0.4) is 0 Å². The molecule has 8 nitrogen and oxygen atoms in total. The van der Waals surface area contributed by atoms with Gasteiger partial charge in [-0.3, -0.25) is 9.59 Å². The number of hydrogen-bond acceptors (Lipinski definition) is 5. The maximum Gasteiger partial charge on any atom is 0.407 e. The summed E-state index contributed by atoms with van der Waals surface area (Å²) in [5, 5.41) is 15.0. The first-order valence-corrected chi connectivity index (χ1v) is 11.6. The van der Waals surface area contributed by atoms with Crippen molar-refractivity contribution in [3.63, 3.8) is 0 Å². The van der Waals surface area contributed by atoms with E-state index in [1.165, 1.54) is 11.1 Å². The van der Waals surface area contributed by atoms with Crippen molar-refractivity contribution in [1.82, 2.24) is 10.6 Å². The Morgan fingerprint density at radius 2 is 1.74 bits per heavy atom. The number of amides is 2. The van der Waals surface area contributed by atoms with Gasteiger partial charge in [0.05, 0.1) is 19.3 Å². The van der Waals surface area contributed by atoms with Crippen molar-refractivity contribution in [3.8, 4) is 11.1 Å². The van der Waals surface area contributed by atoms with Crippen molar-refractivity contribution >= 4 is 18.0 Å². The lowest BCUT2D eigenvalue weighted by atomic mass is 9.85. The minimum absolute atomic E-state index is 0.00484. The van der Waals surface area contributed by atoms with Crippen LogP contribution in [0, 0.1) is 17.3 Å². The number of nitrogens with one attached hydrogen (secondary N) is 2. The summed E-state index contributed by atoms with van der Waals surface area (Å²) in [6, 6.07) is 15.8. The number of aliphatic carboxylic acids is 1. The summed E-state index contributed by atoms with van der Waals surface area (Å²) in [4.78, 5) is 36.5. The van der Waals surface area contributed by atoms with E-state index in [4.69, 9.17) is 9.47 Å². The maximum atomic E-state index is 12.6. The number of alkyl carbamates (subject to hydrolysis) is 1. The average molecular weight is 465 g/mol. The van der Waals surface area contributed by atoms with Crippen LogP contribution in [-0.2, 0) is 19.1 Å². The number of benzene rings is 2. The second-order valence-corrected chi connectivity index (χ2v) is 9.61. The lowest BCUT2D eigenvalue weighted by Crippen LogP contribution is -2.50. The zero-order chi connectivity index (χ0) is 23.9. The minimum Gasteiger partial charge on any atom is -0.481 e. The third-order valence-electron chi connectivity index (χ3n) is 7.37. The van der Waals surface area contributed by atoms with Crippen molar-refractivity contribution in [3.05, 3.63) is 59.7 Å². The van der Waals surface area contributed by atoms with Gasteiger partial charge in [0.2, 0.25) is 5.91 Å². The van der Waals surface area contributed by atoms with E-state index < -0.39 is 23.5 Å². The van der Waals surface area contributed by atoms with Crippen LogP contribution in [-0.4, -0.2) is 55.5 Å². The molecule has 3 N–H and O–H groups in total. The second kappa shape index (κ2) is 8.76. The van der Waals surface area contributed by atoms with E-state index in [1.54, 1.807) is 6.92 Å². The van der Waals surface area contributed by atoms with Crippen molar-refractivity contribution in [1.29, 1.82) is 0 Å². The summed E-state index contributed by atoms with van der Waals surface area (Å²) in [6.45, 7) is 2.42. The van der Waals surface area contributed by atoms with E-state index in [9.17, 15) is 19.5 Å². The molecule has 1 saturated heterocycles. The van der Waals surface area contributed by atoms with Gasteiger partial charge in [0.25, 0.3) is 0 Å². The molecule has 2 unspecified atom stereocenters. The zero-order valence-electron chi connectivity index (χ0n) is 19.0. The van der Waals surface area contributed by atoms with E-state index in [0.29, 0.717) is 13.0 Å². The van der Waals surface area contributed by atoms with Gasteiger partial charge in [-0.25, -0.2) is 4.79 Å². The highest BCUT2D eigenvalue weighted by Gasteiger charge is 2.50. The number of carbonyl (C=O) groups excluding carboxylic acids is 2. The largest absolute Gasteiger partial charge is 0.481 e. The van der Waals surface area contributed by atoms with Gasteiger partial charge >= 0.3 is 12.1 Å². The summed E-state index contributed by atoms with van der Waals surface area (Å²) in [5.74, 6) is -1.41. The highest BCUT2D eigenvalue weighted by atomic mass is 16.5. The molecule has 0 aromatic heterocycles. The summed E-state index contributed by atoms with van der Waals surface area (Å²) in [5.41, 5.74) is 3.52. The van der Waals surface area contributed by atoms with E-state index in [-0.39, 0.29) is 43.5 Å². The number of ether oxygens (including phenoxy) is 2. The number of fused-ring (bicyclic) bond motifs is 3. The predicted octanol–water partition coefficient (Wildman–Crippen LogP) is 2.77. The van der Waals surface area contributed by atoms with E-state index >= 15 is 0 Å². The number of carboxylic acid groups (broad SMARTS) is 1. The average Bonchev–Trinajstić information content (AvgIpc) is 3.43. The van der Waals surface area contributed by atoms with Gasteiger partial charge < -0.3 is 25.2 Å². The number of carbonyl (C=O) groups is 3. The molecule has 3 aliphatic rings. The fourth-order valence-corrected chi connectivity index (χ4v) is 5.02.